The van der Waals surface area contributed by atoms with Crippen LogP contribution in [0.3, 0.4) is 0 Å². The van der Waals surface area contributed by atoms with Crippen LogP contribution in [-0.4, -0.2) is 36.7 Å². The molecule has 0 aliphatic heterocycles. The molecule has 0 heterocycles. The molecular formula is C14H24N2O2. The zero-order chi connectivity index (χ0) is 13.7. The highest BCUT2D eigenvalue weighted by Gasteiger charge is 2.25. The molecule has 0 aromatic rings. The molecule has 0 aromatic carbocycles. The predicted octanol–water partition coefficient (Wildman–Crippen LogP) is 1.72. The molecule has 18 heavy (non-hydrogen) atoms. The highest BCUT2D eigenvalue weighted by Crippen LogP contribution is 2.23. The van der Waals surface area contributed by atoms with Crippen molar-refractivity contribution in [3.05, 3.63) is 11.8 Å². The molecule has 1 saturated carbocycles. The van der Waals surface area contributed by atoms with Crippen molar-refractivity contribution in [2.45, 2.75) is 45.6 Å². The summed E-state index contributed by atoms with van der Waals surface area (Å²) in [7, 11) is 3.61. The highest BCUT2D eigenvalue weighted by atomic mass is 16.2. The maximum Gasteiger partial charge on any atom is 0.256 e. The van der Waals surface area contributed by atoms with E-state index >= 15 is 0 Å². The molecule has 1 fully saturated rings. The number of carbonyl (C=O) groups is 2. The number of hydrogen-bond acceptors (Lipinski definition) is 3. The van der Waals surface area contributed by atoms with Crippen molar-refractivity contribution in [2.24, 2.45) is 5.92 Å². The first-order valence-corrected chi connectivity index (χ1v) is 6.62. The van der Waals surface area contributed by atoms with Crippen LogP contribution in [0.1, 0.15) is 39.5 Å². The average molecular weight is 252 g/mol. The zero-order valence-electron chi connectivity index (χ0n) is 11.8. The molecule has 0 spiro atoms. The number of nitrogens with one attached hydrogen (secondary N) is 1. The average Bonchev–Trinajstić information content (AvgIpc) is 2.28. The van der Waals surface area contributed by atoms with E-state index in [1.165, 1.54) is 13.3 Å². The Bertz CT molecular complexity index is 348. The zero-order valence-corrected chi connectivity index (χ0v) is 11.8. The molecule has 0 bridgehead atoms. The van der Waals surface area contributed by atoms with E-state index in [-0.39, 0.29) is 23.3 Å². The van der Waals surface area contributed by atoms with Crippen molar-refractivity contribution in [3.8, 4) is 0 Å². The molecule has 0 saturated heterocycles. The van der Waals surface area contributed by atoms with Gasteiger partial charge in [0, 0.05) is 26.3 Å². The van der Waals surface area contributed by atoms with E-state index in [0.717, 1.165) is 19.3 Å². The Labute approximate surface area is 109 Å². The molecule has 1 aliphatic rings. The lowest BCUT2D eigenvalue weighted by Gasteiger charge is -2.29. The second-order valence-corrected chi connectivity index (χ2v) is 5.40. The molecule has 0 radical (unpaired) electrons. The van der Waals surface area contributed by atoms with Gasteiger partial charge in [0.05, 0.1) is 5.57 Å². The second kappa shape index (κ2) is 6.57. The number of Topliss-reactive ketones (excluding diaryl/α,β-unsaturated/α-hetero) is 1. The Morgan fingerprint density at radius 1 is 1.22 bits per heavy atom. The molecule has 2 unspecified atom stereocenters. The van der Waals surface area contributed by atoms with E-state index in [0.29, 0.717) is 5.92 Å². The maximum atomic E-state index is 12.1. The van der Waals surface area contributed by atoms with E-state index in [9.17, 15) is 9.59 Å². The first kappa shape index (κ1) is 14.7. The summed E-state index contributed by atoms with van der Waals surface area (Å²) in [5, 5.41) is 3.00. The van der Waals surface area contributed by atoms with E-state index < -0.39 is 0 Å². The first-order chi connectivity index (χ1) is 8.41. The molecular weight excluding hydrogens is 228 g/mol. The van der Waals surface area contributed by atoms with Gasteiger partial charge in [-0.3, -0.25) is 9.59 Å². The van der Waals surface area contributed by atoms with E-state index in [2.05, 4.69) is 12.2 Å². The highest BCUT2D eigenvalue weighted by molar-refractivity contribution is 6.18. The lowest BCUT2D eigenvalue weighted by Crippen LogP contribution is -2.42. The van der Waals surface area contributed by atoms with Crippen LogP contribution in [-0.2, 0) is 9.59 Å². The van der Waals surface area contributed by atoms with Gasteiger partial charge in [-0.15, -0.1) is 0 Å². The van der Waals surface area contributed by atoms with E-state index in [4.69, 9.17) is 0 Å². The minimum atomic E-state index is -0.241. The third kappa shape index (κ3) is 4.17. The van der Waals surface area contributed by atoms with Crippen molar-refractivity contribution in [3.63, 3.8) is 0 Å². The summed E-state index contributed by atoms with van der Waals surface area (Å²) >= 11 is 0. The van der Waals surface area contributed by atoms with Gasteiger partial charge in [-0.25, -0.2) is 0 Å². The van der Waals surface area contributed by atoms with Gasteiger partial charge in [-0.1, -0.05) is 19.8 Å². The van der Waals surface area contributed by atoms with Crippen molar-refractivity contribution in [1.82, 2.24) is 10.2 Å². The summed E-state index contributed by atoms with van der Waals surface area (Å²) in [5.41, 5.74) is 0.234. The van der Waals surface area contributed by atoms with Gasteiger partial charge in [0.25, 0.3) is 5.91 Å². The Balaban J connectivity index is 2.70. The largest absolute Gasteiger partial charge is 0.383 e. The van der Waals surface area contributed by atoms with Gasteiger partial charge in [-0.2, -0.15) is 0 Å². The van der Waals surface area contributed by atoms with Crippen molar-refractivity contribution < 1.29 is 9.59 Å². The van der Waals surface area contributed by atoms with Crippen LogP contribution in [0.4, 0.5) is 0 Å². The fraction of sp³-hybridized carbons (Fsp3) is 0.714. The van der Waals surface area contributed by atoms with Crippen LogP contribution in [0.5, 0.6) is 0 Å². The van der Waals surface area contributed by atoms with Crippen molar-refractivity contribution >= 4 is 11.7 Å². The predicted molar refractivity (Wildman–Crippen MR) is 72.0 cm³/mol. The molecule has 1 amide bonds. The molecule has 102 valence electrons. The molecule has 1 N–H and O–H groups in total. The molecule has 2 atom stereocenters. The summed E-state index contributed by atoms with van der Waals surface area (Å²) in [4.78, 5) is 25.3. The monoisotopic (exact) mass is 252 g/mol. The number of amides is 1. The third-order valence-corrected chi connectivity index (χ3v) is 3.44. The summed E-state index contributed by atoms with van der Waals surface area (Å²) in [5.74, 6) is 0.0647. The van der Waals surface area contributed by atoms with E-state index in [1.807, 2.05) is 0 Å². The van der Waals surface area contributed by atoms with Crippen LogP contribution in [0.15, 0.2) is 11.8 Å². The summed E-state index contributed by atoms with van der Waals surface area (Å²) in [6.07, 6.45) is 6.14. The minimum absolute atomic E-state index is 0.190. The summed E-state index contributed by atoms with van der Waals surface area (Å²) < 4.78 is 0. The van der Waals surface area contributed by atoms with Gasteiger partial charge >= 0.3 is 0 Å². The van der Waals surface area contributed by atoms with Gasteiger partial charge in [0.1, 0.15) is 0 Å². The number of ketones is 1. The lowest BCUT2D eigenvalue weighted by atomic mass is 9.86. The number of rotatable bonds is 4. The van der Waals surface area contributed by atoms with Crippen molar-refractivity contribution in [2.75, 3.05) is 14.1 Å². The van der Waals surface area contributed by atoms with Crippen LogP contribution in [0.25, 0.3) is 0 Å². The van der Waals surface area contributed by atoms with E-state index in [1.54, 1.807) is 25.2 Å². The third-order valence-electron chi connectivity index (χ3n) is 3.44. The minimum Gasteiger partial charge on any atom is -0.383 e. The fourth-order valence-corrected chi connectivity index (χ4v) is 2.34. The molecule has 0 aromatic heterocycles. The van der Waals surface area contributed by atoms with Crippen LogP contribution in [0.2, 0.25) is 0 Å². The molecule has 1 aliphatic carbocycles. The second-order valence-electron chi connectivity index (χ2n) is 5.40. The van der Waals surface area contributed by atoms with Gasteiger partial charge in [0.15, 0.2) is 5.78 Å². The number of carbonyl (C=O) groups excluding carboxylic acids is 2. The topological polar surface area (TPSA) is 49.4 Å². The number of hydrogen-bond donors (Lipinski definition) is 1. The molecule has 4 nitrogen and oxygen atoms in total. The Morgan fingerprint density at radius 2 is 1.83 bits per heavy atom. The van der Waals surface area contributed by atoms with Gasteiger partial charge < -0.3 is 10.2 Å². The SMILES string of the molecule is CC(=O)C(=CN(C)C)C(=O)NC1CCCCC1C. The fourth-order valence-electron chi connectivity index (χ4n) is 2.34. The first-order valence-electron chi connectivity index (χ1n) is 6.62. The summed E-state index contributed by atoms with van der Waals surface area (Å²) in [6.45, 7) is 3.59. The number of nitrogens with zero attached hydrogens (tertiary/aromatic N) is 1. The molecule has 4 heteroatoms. The standard InChI is InChI=1S/C14H24N2O2/c1-10-7-5-6-8-13(10)15-14(18)12(11(2)17)9-16(3)4/h9-10,13H,5-8H2,1-4H3,(H,15,18). The normalized spacial score (nSPS) is 24.6. The molecule has 1 rings (SSSR count). The maximum absolute atomic E-state index is 12.1. The van der Waals surface area contributed by atoms with Crippen LogP contribution >= 0.6 is 0 Å². The van der Waals surface area contributed by atoms with Gasteiger partial charge in [0.2, 0.25) is 0 Å². The Hall–Kier alpha value is -1.32. The van der Waals surface area contributed by atoms with Gasteiger partial charge in [-0.05, 0) is 25.7 Å². The van der Waals surface area contributed by atoms with Crippen molar-refractivity contribution in [1.29, 1.82) is 0 Å². The quantitative estimate of drug-likeness (QED) is 0.471. The lowest BCUT2D eigenvalue weighted by molar-refractivity contribution is -0.122. The smallest absolute Gasteiger partial charge is 0.256 e. The Kier molecular flexibility index (Phi) is 5.38. The Morgan fingerprint density at radius 3 is 2.33 bits per heavy atom. The van der Waals surface area contributed by atoms with Crippen LogP contribution < -0.4 is 5.32 Å². The van der Waals surface area contributed by atoms with Crippen LogP contribution in [0, 0.1) is 5.92 Å². The summed E-state index contributed by atoms with van der Waals surface area (Å²) in [6, 6.07) is 0.205.